The van der Waals surface area contributed by atoms with Crippen LogP contribution >= 0.6 is 0 Å². The van der Waals surface area contributed by atoms with E-state index >= 15 is 0 Å². The first-order valence-corrected chi connectivity index (χ1v) is 10.8. The quantitative estimate of drug-likeness (QED) is 0.209. The molecular weight excluding hydrogens is 591 g/mol. The van der Waals surface area contributed by atoms with Gasteiger partial charge in [-0.2, -0.15) is 0 Å². The molecule has 33 heavy (non-hydrogen) atoms. The number of aromatic nitrogens is 3. The fourth-order valence-electron chi connectivity index (χ4n) is 3.60. The summed E-state index contributed by atoms with van der Waals surface area (Å²) in [6.07, 6.45) is 3.29. The van der Waals surface area contributed by atoms with Crippen LogP contribution in [-0.4, -0.2) is 15.1 Å². The Morgan fingerprint density at radius 1 is 0.788 bits per heavy atom. The molecule has 1 radical (unpaired) electrons. The van der Waals surface area contributed by atoms with Crippen LogP contribution in [0.25, 0.3) is 33.8 Å². The summed E-state index contributed by atoms with van der Waals surface area (Å²) in [7, 11) is 0. The fourth-order valence-corrected chi connectivity index (χ4v) is 3.60. The Morgan fingerprint density at radius 2 is 1.45 bits per heavy atom. The second-order valence-electron chi connectivity index (χ2n) is 10.2. The molecule has 0 aliphatic rings. The topological polar surface area (TPSA) is 60.1 Å². The summed E-state index contributed by atoms with van der Waals surface area (Å²) in [5, 5.41) is 10.5. The third-order valence-electron chi connectivity index (χ3n) is 5.65. The van der Waals surface area contributed by atoms with Crippen molar-refractivity contribution in [3.05, 3.63) is 78.2 Å². The predicted molar refractivity (Wildman–Crippen MR) is 130 cm³/mol. The van der Waals surface area contributed by atoms with Crippen molar-refractivity contribution < 1.29 is 27.5 Å². The second-order valence-corrected chi connectivity index (χ2v) is 10.2. The molecule has 0 fully saturated rings. The molecule has 0 aliphatic heterocycles. The minimum Gasteiger partial charge on any atom is -0.692 e. The molecule has 1 N–H and O–H groups in total. The molecule has 0 spiro atoms. The Labute approximate surface area is 212 Å². The van der Waals surface area contributed by atoms with Crippen molar-refractivity contribution in [3.63, 3.8) is 0 Å². The van der Waals surface area contributed by atoms with Crippen molar-refractivity contribution >= 4 is 0 Å². The van der Waals surface area contributed by atoms with Crippen LogP contribution in [0.15, 0.2) is 61.1 Å². The Balaban J connectivity index is 0.00000306. The number of hydrogen-bond donors (Lipinski definition) is 1. The van der Waals surface area contributed by atoms with Gasteiger partial charge in [0, 0.05) is 39.8 Å². The van der Waals surface area contributed by atoms with Gasteiger partial charge < -0.3 is 10.1 Å². The standard InChI is InChI=1S/C28H29N3O.Au/c1-27(2,3)20-7-10-26(32)22(16-20)25-9-8-24(31-25)19-13-18(23-11-12-29-17-30-23)14-21(15-19)28(4,5)6;/h7-12,14-17,32H,1-6H3;/q-2;. The zero-order valence-corrected chi connectivity index (χ0v) is 22.0. The first-order chi connectivity index (χ1) is 15.0. The van der Waals surface area contributed by atoms with Gasteiger partial charge in [0.15, 0.2) is 0 Å². The average Bonchev–Trinajstić information content (AvgIpc) is 3.23. The summed E-state index contributed by atoms with van der Waals surface area (Å²) in [5.41, 5.74) is 7.24. The number of rotatable bonds is 3. The van der Waals surface area contributed by atoms with Gasteiger partial charge >= 0.3 is 0 Å². The minimum atomic E-state index is -0.0413. The van der Waals surface area contributed by atoms with Crippen LogP contribution in [0.2, 0.25) is 0 Å². The van der Waals surface area contributed by atoms with Gasteiger partial charge in [0.2, 0.25) is 0 Å². The van der Waals surface area contributed by atoms with Crippen LogP contribution in [0.4, 0.5) is 0 Å². The molecule has 0 bridgehead atoms. The Hall–Kier alpha value is -2.66. The first-order valence-electron chi connectivity index (χ1n) is 10.8. The van der Waals surface area contributed by atoms with Gasteiger partial charge in [0.25, 0.3) is 0 Å². The van der Waals surface area contributed by atoms with Crippen LogP contribution in [0.5, 0.6) is 5.75 Å². The molecule has 4 rings (SSSR count). The van der Waals surface area contributed by atoms with Gasteiger partial charge in [-0.15, -0.1) is 41.1 Å². The minimum absolute atomic E-state index is 0. The molecule has 2 aromatic heterocycles. The van der Waals surface area contributed by atoms with Crippen molar-refractivity contribution in [2.75, 3.05) is 0 Å². The molecule has 0 saturated carbocycles. The number of phenolic OH excluding ortho intramolecular Hbond substituents is 1. The van der Waals surface area contributed by atoms with E-state index in [-0.39, 0.29) is 39.0 Å². The summed E-state index contributed by atoms with van der Waals surface area (Å²) in [4.78, 5) is 13.3. The summed E-state index contributed by atoms with van der Waals surface area (Å²) in [5.74, 6) is 0.233. The maximum absolute atomic E-state index is 10.5. The summed E-state index contributed by atoms with van der Waals surface area (Å²) >= 11 is 0. The number of benzene rings is 2. The summed E-state index contributed by atoms with van der Waals surface area (Å²) in [6.45, 7) is 13.1. The van der Waals surface area contributed by atoms with Crippen molar-refractivity contribution in [2.45, 2.75) is 52.4 Å². The Bertz CT molecular complexity index is 1250. The van der Waals surface area contributed by atoms with Crippen LogP contribution in [0.3, 0.4) is 0 Å². The van der Waals surface area contributed by atoms with E-state index in [1.165, 1.54) is 5.56 Å². The van der Waals surface area contributed by atoms with Crippen molar-refractivity contribution in [3.8, 4) is 39.5 Å². The molecule has 0 amide bonds. The second kappa shape index (κ2) is 9.30. The van der Waals surface area contributed by atoms with Gasteiger partial charge in [-0.1, -0.05) is 65.3 Å². The van der Waals surface area contributed by atoms with E-state index in [9.17, 15) is 5.11 Å². The number of nitrogens with zero attached hydrogens (tertiary/aromatic N) is 3. The summed E-state index contributed by atoms with van der Waals surface area (Å²) < 4.78 is 0. The fraction of sp³-hybridized carbons (Fsp3) is 0.286. The molecule has 2 heterocycles. The maximum Gasteiger partial charge on any atom is 0.121 e. The first kappa shape index (κ1) is 25.0. The number of aromatic hydroxyl groups is 1. The van der Waals surface area contributed by atoms with Crippen LogP contribution in [-0.2, 0) is 33.2 Å². The largest absolute Gasteiger partial charge is 0.692 e. The van der Waals surface area contributed by atoms with Crippen LogP contribution in [0.1, 0.15) is 52.7 Å². The molecule has 4 nitrogen and oxygen atoms in total. The van der Waals surface area contributed by atoms with E-state index in [4.69, 9.17) is 4.98 Å². The van der Waals surface area contributed by atoms with Gasteiger partial charge in [-0.05, 0) is 28.5 Å². The van der Waals surface area contributed by atoms with Crippen molar-refractivity contribution in [2.24, 2.45) is 0 Å². The van der Waals surface area contributed by atoms with E-state index in [0.29, 0.717) is 0 Å². The smallest absolute Gasteiger partial charge is 0.121 e. The SMILES string of the molecule is CC(C)(C)c1cc(-c2ccncn2)[c-]c(-c2ccc(-c3cc(C(C)(C)C)ccc3O)[n-]2)c1.[Au]. The molecule has 0 aliphatic carbocycles. The molecule has 175 valence electrons. The van der Waals surface area contributed by atoms with E-state index in [1.807, 2.05) is 30.3 Å². The van der Waals surface area contributed by atoms with E-state index in [1.54, 1.807) is 18.6 Å². The molecule has 0 saturated heterocycles. The molecule has 4 aromatic rings. The molecule has 0 atom stereocenters. The van der Waals surface area contributed by atoms with E-state index < -0.39 is 0 Å². The van der Waals surface area contributed by atoms with Crippen molar-refractivity contribution in [1.82, 2.24) is 15.0 Å². The molecule has 5 heteroatoms. The normalized spacial score (nSPS) is 11.8. The number of hydrogen-bond acceptors (Lipinski definition) is 3. The zero-order chi connectivity index (χ0) is 23.1. The monoisotopic (exact) mass is 620 g/mol. The van der Waals surface area contributed by atoms with Gasteiger partial charge in [-0.25, -0.2) is 10.7 Å². The molecule has 2 aromatic carbocycles. The van der Waals surface area contributed by atoms with Gasteiger partial charge in [0.1, 0.15) is 12.1 Å². The zero-order valence-electron chi connectivity index (χ0n) is 19.9. The molecule has 0 unspecified atom stereocenters. The third kappa shape index (κ3) is 5.47. The van der Waals surface area contributed by atoms with Crippen LogP contribution < -0.4 is 4.98 Å². The average molecular weight is 621 g/mol. The third-order valence-corrected chi connectivity index (χ3v) is 5.65. The number of phenols is 1. The predicted octanol–water partition coefficient (Wildman–Crippen LogP) is 6.53. The Kier molecular flexibility index (Phi) is 7.04. The molecular formula is C28H29AuN3O-2. The van der Waals surface area contributed by atoms with Crippen molar-refractivity contribution in [1.29, 1.82) is 0 Å². The van der Waals surface area contributed by atoms with Gasteiger partial charge in [0.05, 0.1) is 0 Å². The maximum atomic E-state index is 10.5. The Morgan fingerprint density at radius 3 is 2.09 bits per heavy atom. The van der Waals surface area contributed by atoms with Gasteiger partial charge in [-0.3, -0.25) is 4.98 Å². The van der Waals surface area contributed by atoms with E-state index in [0.717, 1.165) is 39.3 Å². The summed E-state index contributed by atoms with van der Waals surface area (Å²) in [6, 6.07) is 19.4. The van der Waals surface area contributed by atoms with E-state index in [2.05, 4.69) is 69.7 Å². The van der Waals surface area contributed by atoms with Crippen LogP contribution in [0, 0.1) is 6.07 Å².